The molecule has 5 rings (SSSR count). The number of nitrogens with zero attached hydrogens (tertiary/aromatic N) is 2. The number of H-pyrrole nitrogens is 1. The normalized spacial score (nSPS) is 19.0. The Morgan fingerprint density at radius 3 is 2.29 bits per heavy atom. The number of nitrogens with one attached hydrogen (secondary N) is 1. The van der Waals surface area contributed by atoms with E-state index in [4.69, 9.17) is 0 Å². The minimum atomic E-state index is -0.330. The number of carbonyl (C=O) groups excluding carboxylic acids is 2. The maximum Gasteiger partial charge on any atom is 0.225 e. The Labute approximate surface area is 183 Å². The Hall–Kier alpha value is -2.92. The van der Waals surface area contributed by atoms with E-state index in [1.807, 2.05) is 65.7 Å². The number of aromatic amines is 1. The van der Waals surface area contributed by atoms with E-state index in [-0.39, 0.29) is 17.7 Å². The number of benzene rings is 2. The van der Waals surface area contributed by atoms with Gasteiger partial charge in [0.25, 0.3) is 0 Å². The van der Waals surface area contributed by atoms with Crippen LogP contribution >= 0.6 is 0 Å². The molecule has 160 valence electrons. The van der Waals surface area contributed by atoms with Crippen molar-refractivity contribution in [1.82, 2.24) is 14.8 Å². The van der Waals surface area contributed by atoms with Crippen LogP contribution in [0.5, 0.6) is 0 Å². The molecule has 2 aliphatic rings. The van der Waals surface area contributed by atoms with Gasteiger partial charge >= 0.3 is 0 Å². The van der Waals surface area contributed by atoms with E-state index >= 15 is 0 Å². The number of aromatic nitrogens is 1. The standard InChI is InChI=1S/C26H29N3O2/c30-25(22-18-27-23-11-5-4-10-21(22)23)24(19-8-2-1-3-9-19)28-16-12-20(13-17-28)26(31)29-14-6-7-15-29/h1-5,8-11,18,20,24,27H,6-7,12-17H2/t24-/m1/s1. The first-order chi connectivity index (χ1) is 15.2. The van der Waals surface area contributed by atoms with Gasteiger partial charge in [0.2, 0.25) is 5.91 Å². The smallest absolute Gasteiger partial charge is 0.225 e. The van der Waals surface area contributed by atoms with Gasteiger partial charge in [-0.05, 0) is 50.4 Å². The summed E-state index contributed by atoms with van der Waals surface area (Å²) >= 11 is 0. The molecule has 1 aromatic heterocycles. The summed E-state index contributed by atoms with van der Waals surface area (Å²) in [7, 11) is 0. The molecular formula is C26H29N3O2. The fourth-order valence-corrected chi connectivity index (χ4v) is 5.19. The van der Waals surface area contributed by atoms with Gasteiger partial charge < -0.3 is 9.88 Å². The van der Waals surface area contributed by atoms with E-state index in [0.29, 0.717) is 5.91 Å². The third-order valence-electron chi connectivity index (χ3n) is 6.88. The summed E-state index contributed by atoms with van der Waals surface area (Å²) in [4.78, 5) is 34.2. The van der Waals surface area contributed by atoms with Crippen molar-refractivity contribution >= 4 is 22.6 Å². The monoisotopic (exact) mass is 415 g/mol. The molecular weight excluding hydrogens is 386 g/mol. The molecule has 2 saturated heterocycles. The summed E-state index contributed by atoms with van der Waals surface area (Å²) in [6.07, 6.45) is 5.73. The zero-order valence-electron chi connectivity index (χ0n) is 17.8. The van der Waals surface area contributed by atoms with Gasteiger partial charge in [-0.1, -0.05) is 48.5 Å². The van der Waals surface area contributed by atoms with Gasteiger partial charge in [0.05, 0.1) is 6.04 Å². The number of hydrogen-bond acceptors (Lipinski definition) is 3. The average molecular weight is 416 g/mol. The van der Waals surface area contributed by atoms with Crippen molar-refractivity contribution in [3.05, 3.63) is 71.9 Å². The number of Topliss-reactive ketones (excluding diaryl/α,β-unsaturated/α-hetero) is 1. The van der Waals surface area contributed by atoms with E-state index in [9.17, 15) is 9.59 Å². The highest BCUT2D eigenvalue weighted by molar-refractivity contribution is 6.10. The number of likely N-dealkylation sites (tertiary alicyclic amines) is 2. The largest absolute Gasteiger partial charge is 0.360 e. The minimum Gasteiger partial charge on any atom is -0.360 e. The van der Waals surface area contributed by atoms with E-state index in [2.05, 4.69) is 9.88 Å². The summed E-state index contributed by atoms with van der Waals surface area (Å²) in [6.45, 7) is 3.34. The summed E-state index contributed by atoms with van der Waals surface area (Å²) in [5.74, 6) is 0.526. The molecule has 0 unspecified atom stereocenters. The molecule has 3 aromatic rings. The molecule has 5 nitrogen and oxygen atoms in total. The van der Waals surface area contributed by atoms with Crippen LogP contribution in [0.15, 0.2) is 60.8 Å². The lowest BCUT2D eigenvalue weighted by atomic mass is 9.90. The fourth-order valence-electron chi connectivity index (χ4n) is 5.19. The Morgan fingerprint density at radius 2 is 1.55 bits per heavy atom. The van der Waals surface area contributed by atoms with E-state index in [1.165, 1.54) is 0 Å². The second-order valence-electron chi connectivity index (χ2n) is 8.77. The zero-order valence-corrected chi connectivity index (χ0v) is 17.8. The first-order valence-electron chi connectivity index (χ1n) is 11.4. The molecule has 1 amide bonds. The Morgan fingerprint density at radius 1 is 0.871 bits per heavy atom. The number of rotatable bonds is 5. The molecule has 0 bridgehead atoms. The minimum absolute atomic E-state index is 0.0916. The first-order valence-corrected chi connectivity index (χ1v) is 11.4. The molecule has 0 aliphatic carbocycles. The number of ketones is 1. The highest BCUT2D eigenvalue weighted by Crippen LogP contribution is 2.32. The lowest BCUT2D eigenvalue weighted by Gasteiger charge is -2.37. The van der Waals surface area contributed by atoms with Crippen molar-refractivity contribution in [1.29, 1.82) is 0 Å². The Kier molecular flexibility index (Phi) is 5.60. The molecule has 2 fully saturated rings. The van der Waals surface area contributed by atoms with E-state index < -0.39 is 0 Å². The molecule has 31 heavy (non-hydrogen) atoms. The van der Waals surface area contributed by atoms with Gasteiger partial charge in [-0.25, -0.2) is 0 Å². The van der Waals surface area contributed by atoms with E-state index in [0.717, 1.165) is 73.9 Å². The Bertz CT molecular complexity index is 1060. The van der Waals surface area contributed by atoms with Gasteiger partial charge in [0.1, 0.15) is 0 Å². The highest BCUT2D eigenvalue weighted by atomic mass is 16.2. The summed E-state index contributed by atoms with van der Waals surface area (Å²) < 4.78 is 0. The fraction of sp³-hybridized carbons (Fsp3) is 0.385. The molecule has 3 heterocycles. The third kappa shape index (κ3) is 3.90. The van der Waals surface area contributed by atoms with Crippen LogP contribution in [0.2, 0.25) is 0 Å². The van der Waals surface area contributed by atoms with Crippen molar-refractivity contribution in [2.24, 2.45) is 5.92 Å². The van der Waals surface area contributed by atoms with Gasteiger partial charge in [-0.3, -0.25) is 14.5 Å². The van der Waals surface area contributed by atoms with Gasteiger partial charge in [0, 0.05) is 41.7 Å². The zero-order chi connectivity index (χ0) is 21.2. The molecule has 0 radical (unpaired) electrons. The summed E-state index contributed by atoms with van der Waals surface area (Å²) in [6, 6.07) is 17.7. The number of amides is 1. The predicted molar refractivity (Wildman–Crippen MR) is 122 cm³/mol. The maximum atomic E-state index is 13.8. The van der Waals surface area contributed by atoms with Crippen molar-refractivity contribution in [3.8, 4) is 0 Å². The topological polar surface area (TPSA) is 56.4 Å². The number of hydrogen-bond donors (Lipinski definition) is 1. The number of para-hydroxylation sites is 1. The molecule has 1 N–H and O–H groups in total. The van der Waals surface area contributed by atoms with Crippen molar-refractivity contribution in [2.75, 3.05) is 26.2 Å². The number of piperidine rings is 1. The summed E-state index contributed by atoms with van der Waals surface area (Å²) in [5.41, 5.74) is 2.73. The van der Waals surface area contributed by atoms with Crippen LogP contribution in [0.3, 0.4) is 0 Å². The quantitative estimate of drug-likeness (QED) is 0.628. The SMILES string of the molecule is O=C(c1c[nH]c2ccccc12)[C@@H](c1ccccc1)N1CCC(C(=O)N2CCCC2)CC1. The van der Waals surface area contributed by atoms with Crippen LogP contribution in [0.4, 0.5) is 0 Å². The average Bonchev–Trinajstić information content (AvgIpc) is 3.50. The van der Waals surface area contributed by atoms with Gasteiger partial charge in [0.15, 0.2) is 5.78 Å². The molecule has 0 spiro atoms. The molecule has 1 atom stereocenters. The van der Waals surface area contributed by atoms with Gasteiger partial charge in [-0.15, -0.1) is 0 Å². The second kappa shape index (κ2) is 8.67. The van der Waals surface area contributed by atoms with E-state index in [1.54, 1.807) is 0 Å². The lowest BCUT2D eigenvalue weighted by Crippen LogP contribution is -2.44. The lowest BCUT2D eigenvalue weighted by molar-refractivity contribution is -0.136. The van der Waals surface area contributed by atoms with Crippen LogP contribution in [-0.4, -0.2) is 52.7 Å². The second-order valence-corrected chi connectivity index (χ2v) is 8.77. The number of fused-ring (bicyclic) bond motifs is 1. The van der Waals surface area contributed by atoms with Crippen molar-refractivity contribution in [2.45, 2.75) is 31.7 Å². The maximum absolute atomic E-state index is 13.8. The van der Waals surface area contributed by atoms with Crippen LogP contribution in [0.25, 0.3) is 10.9 Å². The third-order valence-corrected chi connectivity index (χ3v) is 6.88. The molecule has 2 aromatic carbocycles. The summed E-state index contributed by atoms with van der Waals surface area (Å²) in [5, 5.41) is 0.965. The molecule has 0 saturated carbocycles. The number of carbonyl (C=O) groups is 2. The van der Waals surface area contributed by atoms with Crippen LogP contribution in [0.1, 0.15) is 47.6 Å². The molecule has 2 aliphatic heterocycles. The highest BCUT2D eigenvalue weighted by Gasteiger charge is 2.35. The predicted octanol–water partition coefficient (Wildman–Crippen LogP) is 4.43. The van der Waals surface area contributed by atoms with Crippen molar-refractivity contribution < 1.29 is 9.59 Å². The Balaban J connectivity index is 1.39. The van der Waals surface area contributed by atoms with Crippen LogP contribution in [0, 0.1) is 5.92 Å². The molecule has 5 heteroatoms. The van der Waals surface area contributed by atoms with Gasteiger partial charge in [-0.2, -0.15) is 0 Å². The first kappa shape index (κ1) is 20.0. The van der Waals surface area contributed by atoms with Crippen LogP contribution in [-0.2, 0) is 4.79 Å². The van der Waals surface area contributed by atoms with Crippen molar-refractivity contribution in [3.63, 3.8) is 0 Å². The van der Waals surface area contributed by atoms with Crippen LogP contribution < -0.4 is 0 Å².